The van der Waals surface area contributed by atoms with Gasteiger partial charge in [0.15, 0.2) is 0 Å². The lowest BCUT2D eigenvalue weighted by Crippen LogP contribution is -2.34. The first kappa shape index (κ1) is 9.56. The molecule has 0 spiro atoms. The lowest BCUT2D eigenvalue weighted by molar-refractivity contribution is -0.153. The van der Waals surface area contributed by atoms with Crippen molar-refractivity contribution in [2.24, 2.45) is 11.8 Å². The normalized spacial score (nSPS) is 36.1. The molecule has 1 fully saturated rings. The van der Waals surface area contributed by atoms with E-state index in [2.05, 4.69) is 13.8 Å². The molecule has 1 aliphatic rings. The first-order valence-corrected chi connectivity index (χ1v) is 4.78. The summed E-state index contributed by atoms with van der Waals surface area (Å²) < 4.78 is 5.28. The Labute approximate surface area is 74.3 Å². The third-order valence-electron chi connectivity index (χ3n) is 2.74. The average molecular weight is 170 g/mol. The maximum Gasteiger partial charge on any atom is 0.302 e. The highest BCUT2D eigenvalue weighted by Gasteiger charge is 2.29. The minimum atomic E-state index is -0.138. The largest absolute Gasteiger partial charge is 0.462 e. The number of rotatable bonds is 1. The van der Waals surface area contributed by atoms with E-state index in [0.29, 0.717) is 11.8 Å². The van der Waals surface area contributed by atoms with Crippen LogP contribution >= 0.6 is 0 Å². The van der Waals surface area contributed by atoms with Crippen LogP contribution in [0.2, 0.25) is 0 Å². The molecule has 0 N–H and O–H groups in total. The van der Waals surface area contributed by atoms with Crippen molar-refractivity contribution >= 4 is 5.97 Å². The molecule has 0 heterocycles. The van der Waals surface area contributed by atoms with Crippen molar-refractivity contribution in [1.29, 1.82) is 0 Å². The van der Waals surface area contributed by atoms with Gasteiger partial charge in [0.25, 0.3) is 0 Å². The fraction of sp³-hybridized carbons (Fsp3) is 0.900. The van der Waals surface area contributed by atoms with Crippen molar-refractivity contribution in [3.63, 3.8) is 0 Å². The zero-order valence-corrected chi connectivity index (χ0v) is 8.17. The fourth-order valence-electron chi connectivity index (χ4n) is 2.08. The molecule has 1 rings (SSSR count). The second-order valence-electron chi connectivity index (χ2n) is 3.96. The minimum absolute atomic E-state index is 0.138. The van der Waals surface area contributed by atoms with E-state index in [1.807, 2.05) is 0 Å². The van der Waals surface area contributed by atoms with E-state index < -0.39 is 0 Å². The van der Waals surface area contributed by atoms with Gasteiger partial charge in [-0.15, -0.1) is 0 Å². The van der Waals surface area contributed by atoms with Gasteiger partial charge in [0, 0.05) is 6.92 Å². The van der Waals surface area contributed by atoms with E-state index in [1.54, 1.807) is 0 Å². The molecule has 0 radical (unpaired) electrons. The van der Waals surface area contributed by atoms with Crippen molar-refractivity contribution in [2.45, 2.75) is 46.1 Å². The number of esters is 1. The Hall–Kier alpha value is -0.530. The van der Waals surface area contributed by atoms with Gasteiger partial charge in [-0.05, 0) is 24.7 Å². The van der Waals surface area contributed by atoms with Crippen LogP contribution in [0.15, 0.2) is 0 Å². The Morgan fingerprint density at radius 3 is 2.17 bits per heavy atom. The molecule has 1 aliphatic carbocycles. The first-order chi connectivity index (χ1) is 5.61. The van der Waals surface area contributed by atoms with Crippen LogP contribution in [-0.2, 0) is 9.53 Å². The second-order valence-corrected chi connectivity index (χ2v) is 3.96. The van der Waals surface area contributed by atoms with Crippen LogP contribution in [0.4, 0.5) is 0 Å². The topological polar surface area (TPSA) is 26.3 Å². The SMILES string of the molecule is CC(=O)OC1[C@H](C)CCC[C@@H]1C. The maximum absolute atomic E-state index is 10.8. The van der Waals surface area contributed by atoms with Crippen LogP contribution in [0.25, 0.3) is 0 Å². The summed E-state index contributed by atoms with van der Waals surface area (Å²) >= 11 is 0. The number of hydrogen-bond acceptors (Lipinski definition) is 2. The van der Waals surface area contributed by atoms with Crippen molar-refractivity contribution < 1.29 is 9.53 Å². The Morgan fingerprint density at radius 2 is 1.75 bits per heavy atom. The Morgan fingerprint density at radius 1 is 1.25 bits per heavy atom. The van der Waals surface area contributed by atoms with E-state index in [0.717, 1.165) is 0 Å². The average Bonchev–Trinajstić information content (AvgIpc) is 1.97. The van der Waals surface area contributed by atoms with Gasteiger partial charge in [-0.1, -0.05) is 20.3 Å². The van der Waals surface area contributed by atoms with Crippen molar-refractivity contribution in [1.82, 2.24) is 0 Å². The molecular weight excluding hydrogens is 152 g/mol. The molecule has 0 amide bonds. The first-order valence-electron chi connectivity index (χ1n) is 4.78. The molecule has 1 unspecified atom stereocenters. The zero-order valence-electron chi connectivity index (χ0n) is 8.17. The maximum atomic E-state index is 10.8. The number of carbonyl (C=O) groups is 1. The zero-order chi connectivity index (χ0) is 9.14. The summed E-state index contributed by atoms with van der Waals surface area (Å²) in [6.45, 7) is 5.83. The van der Waals surface area contributed by atoms with Gasteiger partial charge < -0.3 is 4.74 Å². The smallest absolute Gasteiger partial charge is 0.302 e. The predicted molar refractivity (Wildman–Crippen MR) is 47.7 cm³/mol. The summed E-state index contributed by atoms with van der Waals surface area (Å²) in [5.74, 6) is 0.941. The van der Waals surface area contributed by atoms with Crippen LogP contribution in [0, 0.1) is 11.8 Å². The summed E-state index contributed by atoms with van der Waals surface area (Å²) in [5.41, 5.74) is 0. The Balaban J connectivity index is 2.50. The summed E-state index contributed by atoms with van der Waals surface area (Å²) in [6.07, 6.45) is 3.83. The van der Waals surface area contributed by atoms with Gasteiger partial charge in [0.2, 0.25) is 0 Å². The van der Waals surface area contributed by atoms with Crippen LogP contribution in [0.1, 0.15) is 40.0 Å². The molecule has 0 saturated heterocycles. The standard InChI is InChI=1S/C10H18O2/c1-7-5-4-6-8(2)10(7)12-9(3)11/h7-8,10H,4-6H2,1-3H3/t7-,8+,10?. The van der Waals surface area contributed by atoms with Gasteiger partial charge >= 0.3 is 5.97 Å². The number of hydrogen-bond donors (Lipinski definition) is 0. The monoisotopic (exact) mass is 170 g/mol. The molecular formula is C10H18O2. The van der Waals surface area contributed by atoms with Crippen LogP contribution in [0.5, 0.6) is 0 Å². The second kappa shape index (κ2) is 3.92. The van der Waals surface area contributed by atoms with Crippen molar-refractivity contribution in [2.75, 3.05) is 0 Å². The highest BCUT2D eigenvalue weighted by atomic mass is 16.5. The highest BCUT2D eigenvalue weighted by molar-refractivity contribution is 5.66. The number of ether oxygens (including phenoxy) is 1. The molecule has 0 aromatic rings. The minimum Gasteiger partial charge on any atom is -0.462 e. The van der Waals surface area contributed by atoms with Gasteiger partial charge in [0.05, 0.1) is 0 Å². The van der Waals surface area contributed by atoms with Crippen LogP contribution in [0.3, 0.4) is 0 Å². The van der Waals surface area contributed by atoms with E-state index in [9.17, 15) is 4.79 Å². The highest BCUT2D eigenvalue weighted by Crippen LogP contribution is 2.31. The predicted octanol–water partition coefficient (Wildman–Crippen LogP) is 2.37. The van der Waals surface area contributed by atoms with Crippen LogP contribution < -0.4 is 0 Å². The molecule has 0 aromatic heterocycles. The molecule has 0 aromatic carbocycles. The molecule has 2 nitrogen and oxygen atoms in total. The molecule has 70 valence electrons. The third-order valence-corrected chi connectivity index (χ3v) is 2.74. The van der Waals surface area contributed by atoms with Crippen molar-refractivity contribution in [3.8, 4) is 0 Å². The van der Waals surface area contributed by atoms with Gasteiger partial charge in [-0.3, -0.25) is 4.79 Å². The molecule has 2 heteroatoms. The summed E-state index contributed by atoms with van der Waals surface area (Å²) in [5, 5.41) is 0. The quantitative estimate of drug-likeness (QED) is 0.565. The lowest BCUT2D eigenvalue weighted by atomic mass is 9.80. The van der Waals surface area contributed by atoms with Crippen LogP contribution in [-0.4, -0.2) is 12.1 Å². The van der Waals surface area contributed by atoms with Crippen molar-refractivity contribution in [3.05, 3.63) is 0 Å². The summed E-state index contributed by atoms with van der Waals surface area (Å²) in [4.78, 5) is 10.8. The molecule has 12 heavy (non-hydrogen) atoms. The Kier molecular flexibility index (Phi) is 3.12. The molecule has 0 bridgehead atoms. The van der Waals surface area contributed by atoms with Gasteiger partial charge in [-0.25, -0.2) is 0 Å². The number of carbonyl (C=O) groups excluding carboxylic acids is 1. The van der Waals surface area contributed by atoms with E-state index in [-0.39, 0.29) is 12.1 Å². The lowest BCUT2D eigenvalue weighted by Gasteiger charge is -2.33. The molecule has 0 aliphatic heterocycles. The summed E-state index contributed by atoms with van der Waals surface area (Å²) in [6, 6.07) is 0. The summed E-state index contributed by atoms with van der Waals surface area (Å²) in [7, 11) is 0. The molecule has 1 saturated carbocycles. The van der Waals surface area contributed by atoms with E-state index in [1.165, 1.54) is 26.2 Å². The Bertz CT molecular complexity index is 155. The fourth-order valence-corrected chi connectivity index (χ4v) is 2.08. The van der Waals surface area contributed by atoms with E-state index >= 15 is 0 Å². The van der Waals surface area contributed by atoms with E-state index in [4.69, 9.17) is 4.74 Å². The van der Waals surface area contributed by atoms with Gasteiger partial charge in [0.1, 0.15) is 6.10 Å². The third kappa shape index (κ3) is 2.23. The van der Waals surface area contributed by atoms with Gasteiger partial charge in [-0.2, -0.15) is 0 Å². The molecule has 3 atom stereocenters.